The molecule has 4 N–H and O–H groups in total. The summed E-state index contributed by atoms with van der Waals surface area (Å²) >= 11 is 7.34. The number of benzene rings is 1. The number of aryl methyl sites for hydroxylation is 1. The number of hydrogen-bond acceptors (Lipinski definition) is 4. The Morgan fingerprint density at radius 3 is 2.80 bits per heavy atom. The van der Waals surface area contributed by atoms with E-state index < -0.39 is 6.10 Å². The molecule has 3 nitrogen and oxygen atoms in total. The SMILES string of the molecule is Cc1cc(N)c(Cl)cc1SCC(O)CO. The third-order valence-corrected chi connectivity index (χ3v) is 3.57. The molecule has 0 saturated heterocycles. The van der Waals surface area contributed by atoms with Crippen LogP contribution in [0.15, 0.2) is 17.0 Å². The Kier molecular flexibility index (Phi) is 4.73. The van der Waals surface area contributed by atoms with Crippen LogP contribution in [0.5, 0.6) is 0 Å². The Bertz CT molecular complexity index is 346. The Balaban J connectivity index is 2.73. The quantitative estimate of drug-likeness (QED) is 0.560. The molecule has 5 heteroatoms. The van der Waals surface area contributed by atoms with Gasteiger partial charge in [-0.2, -0.15) is 0 Å². The first-order valence-electron chi connectivity index (χ1n) is 4.52. The standard InChI is InChI=1S/C10H14ClNO2S/c1-6-2-9(12)8(11)3-10(6)15-5-7(14)4-13/h2-3,7,13-14H,4-5,12H2,1H3. The topological polar surface area (TPSA) is 66.5 Å². The Labute approximate surface area is 98.2 Å². The molecule has 1 rings (SSSR count). The number of rotatable bonds is 4. The van der Waals surface area contributed by atoms with Crippen molar-refractivity contribution in [2.75, 3.05) is 18.1 Å². The molecule has 1 unspecified atom stereocenters. The number of thioether (sulfide) groups is 1. The summed E-state index contributed by atoms with van der Waals surface area (Å²) in [5.74, 6) is 0.442. The molecule has 0 heterocycles. The molecule has 0 aliphatic carbocycles. The summed E-state index contributed by atoms with van der Waals surface area (Å²) in [6, 6.07) is 3.58. The zero-order valence-corrected chi connectivity index (χ0v) is 9.98. The van der Waals surface area contributed by atoms with Crippen molar-refractivity contribution < 1.29 is 10.2 Å². The lowest BCUT2D eigenvalue weighted by Crippen LogP contribution is -2.14. The predicted octanol–water partition coefficient (Wildman–Crippen LogP) is 1.68. The molecule has 1 aromatic carbocycles. The van der Waals surface area contributed by atoms with Crippen LogP contribution in [-0.2, 0) is 0 Å². The van der Waals surface area contributed by atoms with Gasteiger partial charge in [0.15, 0.2) is 0 Å². The molecule has 0 aromatic heterocycles. The summed E-state index contributed by atoms with van der Waals surface area (Å²) in [6.45, 7) is 1.70. The van der Waals surface area contributed by atoms with Gasteiger partial charge in [0.25, 0.3) is 0 Å². The van der Waals surface area contributed by atoms with Gasteiger partial charge in [0, 0.05) is 10.6 Å². The maximum absolute atomic E-state index is 9.21. The van der Waals surface area contributed by atoms with Crippen LogP contribution < -0.4 is 5.73 Å². The Hall–Kier alpha value is -0.420. The van der Waals surface area contributed by atoms with Gasteiger partial charge in [0.1, 0.15) is 0 Å². The summed E-state index contributed by atoms with van der Waals surface area (Å²) in [4.78, 5) is 0.974. The van der Waals surface area contributed by atoms with E-state index in [-0.39, 0.29) is 6.61 Å². The van der Waals surface area contributed by atoms with E-state index in [0.717, 1.165) is 10.5 Å². The number of aliphatic hydroxyl groups excluding tert-OH is 2. The second-order valence-corrected chi connectivity index (χ2v) is 4.76. The second kappa shape index (κ2) is 5.61. The predicted molar refractivity (Wildman–Crippen MR) is 64.4 cm³/mol. The molecule has 0 aliphatic rings. The molecule has 0 spiro atoms. The Morgan fingerprint density at radius 1 is 1.53 bits per heavy atom. The molecule has 15 heavy (non-hydrogen) atoms. The van der Waals surface area contributed by atoms with Gasteiger partial charge in [-0.15, -0.1) is 11.8 Å². The average Bonchev–Trinajstić information content (AvgIpc) is 2.21. The molecule has 84 valence electrons. The highest BCUT2D eigenvalue weighted by molar-refractivity contribution is 7.99. The highest BCUT2D eigenvalue weighted by Crippen LogP contribution is 2.30. The number of nitrogen functional groups attached to an aromatic ring is 1. The van der Waals surface area contributed by atoms with Crippen LogP contribution in [-0.4, -0.2) is 28.7 Å². The number of halogens is 1. The maximum atomic E-state index is 9.21. The molecule has 0 saturated carbocycles. The van der Waals surface area contributed by atoms with Gasteiger partial charge < -0.3 is 15.9 Å². The van der Waals surface area contributed by atoms with Crippen molar-refractivity contribution in [2.45, 2.75) is 17.9 Å². The van der Waals surface area contributed by atoms with Crippen molar-refractivity contribution in [2.24, 2.45) is 0 Å². The van der Waals surface area contributed by atoms with Crippen molar-refractivity contribution in [1.29, 1.82) is 0 Å². The Morgan fingerprint density at radius 2 is 2.20 bits per heavy atom. The van der Waals surface area contributed by atoms with Gasteiger partial charge >= 0.3 is 0 Å². The summed E-state index contributed by atoms with van der Waals surface area (Å²) in [6.07, 6.45) is -0.703. The van der Waals surface area contributed by atoms with Crippen molar-refractivity contribution >= 4 is 29.1 Å². The van der Waals surface area contributed by atoms with Crippen LogP contribution >= 0.6 is 23.4 Å². The van der Waals surface area contributed by atoms with E-state index in [9.17, 15) is 5.11 Å². The minimum Gasteiger partial charge on any atom is -0.398 e. The number of nitrogens with two attached hydrogens (primary N) is 1. The van der Waals surface area contributed by atoms with E-state index in [4.69, 9.17) is 22.4 Å². The third-order valence-electron chi connectivity index (χ3n) is 1.94. The van der Waals surface area contributed by atoms with Gasteiger partial charge in [0.2, 0.25) is 0 Å². The van der Waals surface area contributed by atoms with E-state index in [0.29, 0.717) is 16.5 Å². The first-order chi connectivity index (χ1) is 7.04. The van der Waals surface area contributed by atoms with Crippen LogP contribution in [0.25, 0.3) is 0 Å². The molecule has 1 atom stereocenters. The lowest BCUT2D eigenvalue weighted by Gasteiger charge is -2.10. The van der Waals surface area contributed by atoms with Crippen LogP contribution in [0.1, 0.15) is 5.56 Å². The van der Waals surface area contributed by atoms with E-state index in [2.05, 4.69) is 0 Å². The lowest BCUT2D eigenvalue weighted by molar-refractivity contribution is 0.113. The van der Waals surface area contributed by atoms with E-state index in [1.54, 1.807) is 12.1 Å². The van der Waals surface area contributed by atoms with E-state index >= 15 is 0 Å². The summed E-state index contributed by atoms with van der Waals surface area (Å²) in [5, 5.41) is 18.4. The minimum absolute atomic E-state index is 0.227. The van der Waals surface area contributed by atoms with Gasteiger partial charge in [-0.3, -0.25) is 0 Å². The zero-order valence-electron chi connectivity index (χ0n) is 8.40. The first kappa shape index (κ1) is 12.6. The molecule has 1 aromatic rings. The summed E-state index contributed by atoms with van der Waals surface area (Å²) < 4.78 is 0. The minimum atomic E-state index is -0.703. The average molecular weight is 248 g/mol. The zero-order chi connectivity index (χ0) is 11.4. The highest BCUT2D eigenvalue weighted by atomic mass is 35.5. The van der Waals surface area contributed by atoms with Crippen LogP contribution in [0, 0.1) is 6.92 Å². The van der Waals surface area contributed by atoms with Crippen molar-refractivity contribution in [1.82, 2.24) is 0 Å². The fourth-order valence-corrected chi connectivity index (χ4v) is 2.27. The monoisotopic (exact) mass is 247 g/mol. The van der Waals surface area contributed by atoms with Crippen LogP contribution in [0.4, 0.5) is 5.69 Å². The number of hydrogen-bond donors (Lipinski definition) is 3. The fraction of sp³-hybridized carbons (Fsp3) is 0.400. The summed E-state index contributed by atoms with van der Waals surface area (Å²) in [5.41, 5.74) is 7.22. The molecular formula is C10H14ClNO2S. The lowest BCUT2D eigenvalue weighted by atomic mass is 10.2. The van der Waals surface area contributed by atoms with Crippen LogP contribution in [0.2, 0.25) is 5.02 Å². The normalized spacial score (nSPS) is 12.8. The van der Waals surface area contributed by atoms with E-state index in [1.807, 2.05) is 6.92 Å². The molecule has 0 aliphatic heterocycles. The van der Waals surface area contributed by atoms with E-state index in [1.165, 1.54) is 11.8 Å². The molecular weight excluding hydrogens is 234 g/mol. The van der Waals surface area contributed by atoms with Crippen LogP contribution in [0.3, 0.4) is 0 Å². The molecule has 0 fully saturated rings. The smallest absolute Gasteiger partial charge is 0.0864 e. The largest absolute Gasteiger partial charge is 0.398 e. The molecule has 0 radical (unpaired) electrons. The number of aliphatic hydroxyl groups is 2. The first-order valence-corrected chi connectivity index (χ1v) is 5.88. The van der Waals surface area contributed by atoms with Crippen molar-refractivity contribution in [3.05, 3.63) is 22.7 Å². The second-order valence-electron chi connectivity index (χ2n) is 3.29. The molecule has 0 amide bonds. The van der Waals surface area contributed by atoms with Crippen molar-refractivity contribution in [3.8, 4) is 0 Å². The summed E-state index contributed by atoms with van der Waals surface area (Å²) in [7, 11) is 0. The van der Waals surface area contributed by atoms with Gasteiger partial charge in [-0.1, -0.05) is 11.6 Å². The van der Waals surface area contributed by atoms with Gasteiger partial charge in [-0.25, -0.2) is 0 Å². The third kappa shape index (κ3) is 3.57. The van der Waals surface area contributed by atoms with Gasteiger partial charge in [0.05, 0.1) is 23.4 Å². The number of anilines is 1. The fourth-order valence-electron chi connectivity index (χ4n) is 1.08. The molecule has 0 bridgehead atoms. The van der Waals surface area contributed by atoms with Crippen molar-refractivity contribution in [3.63, 3.8) is 0 Å². The van der Waals surface area contributed by atoms with Gasteiger partial charge in [-0.05, 0) is 24.6 Å². The maximum Gasteiger partial charge on any atom is 0.0864 e. The highest BCUT2D eigenvalue weighted by Gasteiger charge is 2.07.